The van der Waals surface area contributed by atoms with Gasteiger partial charge in [-0.15, -0.1) is 0 Å². The predicted octanol–water partition coefficient (Wildman–Crippen LogP) is 3.65. The Morgan fingerprint density at radius 3 is 2.05 bits per heavy atom. The average molecular weight is 315 g/mol. The van der Waals surface area contributed by atoms with Crippen LogP contribution in [-0.2, 0) is 0 Å². The standard InChI is InChI=1S/C19H25NOS/c1-22(16-9-4-2-5-10-16,17-11-6-3-7-12-17)15-19(21)18-13-8-14-20-18/h2-7,9-12,18-21H,8,13-15H2,1H3/t18-,19+/m1/s1. The monoisotopic (exact) mass is 315 g/mol. The van der Waals surface area contributed by atoms with Gasteiger partial charge < -0.3 is 10.4 Å². The van der Waals surface area contributed by atoms with Crippen LogP contribution in [0.5, 0.6) is 0 Å². The van der Waals surface area contributed by atoms with Crippen LogP contribution in [-0.4, -0.2) is 35.8 Å². The fraction of sp³-hybridized carbons (Fsp3) is 0.368. The van der Waals surface area contributed by atoms with E-state index in [4.69, 9.17) is 0 Å². The molecular weight excluding hydrogens is 290 g/mol. The molecule has 0 aliphatic carbocycles. The van der Waals surface area contributed by atoms with Gasteiger partial charge in [-0.3, -0.25) is 0 Å². The van der Waals surface area contributed by atoms with Crippen molar-refractivity contribution in [2.75, 3.05) is 18.6 Å². The summed E-state index contributed by atoms with van der Waals surface area (Å²) in [6.07, 6.45) is 4.29. The molecule has 1 heterocycles. The Morgan fingerprint density at radius 2 is 1.59 bits per heavy atom. The van der Waals surface area contributed by atoms with Crippen molar-refractivity contribution in [2.24, 2.45) is 0 Å². The maximum absolute atomic E-state index is 10.8. The summed E-state index contributed by atoms with van der Waals surface area (Å²) in [6, 6.07) is 21.6. The summed E-state index contributed by atoms with van der Waals surface area (Å²) in [5, 5.41) is 14.2. The van der Waals surface area contributed by atoms with Gasteiger partial charge in [0.05, 0.1) is 6.10 Å². The van der Waals surface area contributed by atoms with Gasteiger partial charge in [0, 0.05) is 11.8 Å². The summed E-state index contributed by atoms with van der Waals surface area (Å²) in [7, 11) is -1.22. The van der Waals surface area contributed by atoms with Gasteiger partial charge in [0.25, 0.3) is 0 Å². The minimum absolute atomic E-state index is 0.249. The van der Waals surface area contributed by atoms with E-state index < -0.39 is 10.0 Å². The molecule has 1 aliphatic heterocycles. The molecule has 2 N–H and O–H groups in total. The van der Waals surface area contributed by atoms with E-state index in [1.54, 1.807) is 0 Å². The first-order valence-electron chi connectivity index (χ1n) is 7.98. The van der Waals surface area contributed by atoms with E-state index in [1.807, 2.05) is 0 Å². The number of hydrogen-bond donors (Lipinski definition) is 2. The molecule has 22 heavy (non-hydrogen) atoms. The van der Waals surface area contributed by atoms with Gasteiger partial charge in [-0.25, -0.2) is 0 Å². The van der Waals surface area contributed by atoms with Crippen molar-refractivity contribution in [3.8, 4) is 0 Å². The molecule has 2 atom stereocenters. The maximum atomic E-state index is 10.8. The lowest BCUT2D eigenvalue weighted by Crippen LogP contribution is -2.38. The van der Waals surface area contributed by atoms with Crippen molar-refractivity contribution in [1.82, 2.24) is 5.32 Å². The third-order valence-electron chi connectivity index (χ3n) is 4.59. The van der Waals surface area contributed by atoms with Gasteiger partial charge in [-0.1, -0.05) is 36.4 Å². The molecule has 0 unspecified atom stereocenters. The third-order valence-corrected chi connectivity index (χ3v) is 8.23. The molecule has 3 heteroatoms. The van der Waals surface area contributed by atoms with Crippen LogP contribution in [0.15, 0.2) is 70.5 Å². The molecular formula is C19H25NOS. The van der Waals surface area contributed by atoms with Crippen LogP contribution in [0, 0.1) is 0 Å². The Labute approximate surface area is 134 Å². The molecule has 2 aromatic carbocycles. The lowest BCUT2D eigenvalue weighted by atomic mass is 10.1. The van der Waals surface area contributed by atoms with E-state index in [9.17, 15) is 5.11 Å². The zero-order valence-corrected chi connectivity index (χ0v) is 13.9. The molecule has 0 spiro atoms. The second-order valence-corrected chi connectivity index (χ2v) is 9.60. The largest absolute Gasteiger partial charge is 0.391 e. The minimum Gasteiger partial charge on any atom is -0.391 e. The third kappa shape index (κ3) is 3.22. The Balaban J connectivity index is 1.93. The second kappa shape index (κ2) is 6.86. The van der Waals surface area contributed by atoms with Crippen LogP contribution in [0.2, 0.25) is 0 Å². The van der Waals surface area contributed by atoms with Crippen molar-refractivity contribution in [3.05, 3.63) is 60.7 Å². The number of hydrogen-bond acceptors (Lipinski definition) is 2. The lowest BCUT2D eigenvalue weighted by Gasteiger charge is -2.40. The fourth-order valence-electron chi connectivity index (χ4n) is 3.27. The fourth-order valence-corrected chi connectivity index (χ4v) is 6.36. The predicted molar refractivity (Wildman–Crippen MR) is 94.8 cm³/mol. The van der Waals surface area contributed by atoms with Crippen LogP contribution in [0.1, 0.15) is 12.8 Å². The van der Waals surface area contributed by atoms with Gasteiger partial charge in [-0.2, -0.15) is 10.0 Å². The molecule has 118 valence electrons. The maximum Gasteiger partial charge on any atom is 0.0774 e. The Kier molecular flexibility index (Phi) is 4.87. The molecule has 0 radical (unpaired) electrons. The van der Waals surface area contributed by atoms with Crippen LogP contribution in [0.25, 0.3) is 0 Å². The highest BCUT2D eigenvalue weighted by Gasteiger charge is 2.31. The highest BCUT2D eigenvalue weighted by molar-refractivity contribution is 8.33. The van der Waals surface area contributed by atoms with Crippen LogP contribution < -0.4 is 5.32 Å². The number of aliphatic hydroxyl groups excluding tert-OH is 1. The van der Waals surface area contributed by atoms with E-state index in [-0.39, 0.29) is 12.1 Å². The molecule has 1 fully saturated rings. The van der Waals surface area contributed by atoms with Crippen LogP contribution >= 0.6 is 10.0 Å². The molecule has 3 rings (SSSR count). The van der Waals surface area contributed by atoms with E-state index in [0.29, 0.717) is 0 Å². The van der Waals surface area contributed by atoms with Crippen molar-refractivity contribution in [1.29, 1.82) is 0 Å². The first-order chi connectivity index (χ1) is 10.7. The smallest absolute Gasteiger partial charge is 0.0774 e. The molecule has 2 nitrogen and oxygen atoms in total. The highest BCUT2D eigenvalue weighted by atomic mass is 32.3. The van der Waals surface area contributed by atoms with Gasteiger partial charge in [0.15, 0.2) is 0 Å². The van der Waals surface area contributed by atoms with Gasteiger partial charge >= 0.3 is 0 Å². The molecule has 0 saturated carbocycles. The van der Waals surface area contributed by atoms with Gasteiger partial charge in [0.1, 0.15) is 0 Å². The number of aliphatic hydroxyl groups is 1. The summed E-state index contributed by atoms with van der Waals surface area (Å²) >= 11 is 0. The summed E-state index contributed by atoms with van der Waals surface area (Å²) in [5.74, 6) is 0.818. The van der Waals surface area contributed by atoms with Crippen molar-refractivity contribution < 1.29 is 5.11 Å². The summed E-state index contributed by atoms with van der Waals surface area (Å²) in [5.41, 5.74) is 0. The quantitative estimate of drug-likeness (QED) is 0.883. The Bertz CT molecular complexity index is 541. The lowest BCUT2D eigenvalue weighted by molar-refractivity contribution is 0.158. The summed E-state index contributed by atoms with van der Waals surface area (Å²) in [6.45, 7) is 1.03. The molecule has 1 saturated heterocycles. The second-order valence-electron chi connectivity index (χ2n) is 6.15. The molecule has 0 aromatic heterocycles. The number of nitrogens with one attached hydrogen (secondary N) is 1. The highest BCUT2D eigenvalue weighted by Crippen LogP contribution is 2.59. The molecule has 1 aliphatic rings. The number of rotatable bonds is 5. The van der Waals surface area contributed by atoms with Crippen molar-refractivity contribution in [3.63, 3.8) is 0 Å². The topological polar surface area (TPSA) is 32.3 Å². The zero-order valence-electron chi connectivity index (χ0n) is 13.1. The summed E-state index contributed by atoms with van der Waals surface area (Å²) in [4.78, 5) is 2.69. The molecule has 0 bridgehead atoms. The number of benzene rings is 2. The average Bonchev–Trinajstić information content (AvgIpc) is 3.11. The normalized spacial score (nSPS) is 20.7. The Morgan fingerprint density at radius 1 is 1.05 bits per heavy atom. The van der Waals surface area contributed by atoms with Crippen LogP contribution in [0.4, 0.5) is 0 Å². The van der Waals surface area contributed by atoms with Crippen LogP contribution in [0.3, 0.4) is 0 Å². The van der Waals surface area contributed by atoms with E-state index in [1.165, 1.54) is 16.2 Å². The van der Waals surface area contributed by atoms with E-state index in [2.05, 4.69) is 72.2 Å². The zero-order chi connectivity index (χ0) is 15.4. The van der Waals surface area contributed by atoms with Gasteiger partial charge in [-0.05, 0) is 59.7 Å². The minimum atomic E-state index is -1.22. The summed E-state index contributed by atoms with van der Waals surface area (Å²) < 4.78 is 0. The van der Waals surface area contributed by atoms with E-state index >= 15 is 0 Å². The Hall–Kier alpha value is -1.29. The first kappa shape index (κ1) is 15.6. The van der Waals surface area contributed by atoms with Crippen molar-refractivity contribution in [2.45, 2.75) is 34.8 Å². The van der Waals surface area contributed by atoms with Gasteiger partial charge in [0.2, 0.25) is 0 Å². The molecule has 2 aromatic rings. The van der Waals surface area contributed by atoms with Crippen molar-refractivity contribution >= 4 is 10.0 Å². The van der Waals surface area contributed by atoms with E-state index in [0.717, 1.165) is 18.7 Å². The molecule has 0 amide bonds. The first-order valence-corrected chi connectivity index (χ1v) is 10.2. The SMILES string of the molecule is CS(C[C@H](O)[C@H]1CCCN1)(c1ccccc1)c1ccccc1.